The van der Waals surface area contributed by atoms with Crippen molar-refractivity contribution in [1.82, 2.24) is 9.55 Å². The van der Waals surface area contributed by atoms with Gasteiger partial charge in [-0.2, -0.15) is 0 Å². The number of hydrogen-bond donors (Lipinski definition) is 1. The van der Waals surface area contributed by atoms with E-state index >= 15 is 0 Å². The van der Waals surface area contributed by atoms with Gasteiger partial charge < -0.3 is 19.4 Å². The van der Waals surface area contributed by atoms with Gasteiger partial charge in [0, 0.05) is 38.5 Å². The highest BCUT2D eigenvalue weighted by molar-refractivity contribution is 5.59. The number of nitrogens with zero attached hydrogens (tertiary/aromatic N) is 2. The highest BCUT2D eigenvalue weighted by Crippen LogP contribution is 2.29. The van der Waals surface area contributed by atoms with Crippen LogP contribution >= 0.6 is 0 Å². The van der Waals surface area contributed by atoms with Crippen LogP contribution in [-0.2, 0) is 13.5 Å². The molecule has 0 aliphatic heterocycles. The largest absolute Gasteiger partial charge is 0.494 e. The number of ether oxygens (including phenoxy) is 2. The summed E-state index contributed by atoms with van der Waals surface area (Å²) in [6, 6.07) is 5.85. The topological polar surface area (TPSA) is 48.3 Å². The van der Waals surface area contributed by atoms with Crippen LogP contribution in [0.2, 0.25) is 0 Å². The van der Waals surface area contributed by atoms with E-state index in [9.17, 15) is 0 Å². The maximum absolute atomic E-state index is 5.64. The molecule has 0 saturated carbocycles. The lowest BCUT2D eigenvalue weighted by molar-refractivity contribution is 0.332. The summed E-state index contributed by atoms with van der Waals surface area (Å²) in [6.45, 7) is 6.04. The monoisotopic (exact) mass is 289 g/mol. The molecule has 0 unspecified atom stereocenters. The van der Waals surface area contributed by atoms with Gasteiger partial charge in [0.05, 0.1) is 18.9 Å². The molecule has 0 aliphatic rings. The van der Waals surface area contributed by atoms with Crippen LogP contribution in [0.4, 0.5) is 5.69 Å². The second-order valence-corrected chi connectivity index (χ2v) is 4.66. The number of aromatic nitrogens is 2. The highest BCUT2D eigenvalue weighted by Gasteiger charge is 2.06. The van der Waals surface area contributed by atoms with Gasteiger partial charge in [-0.3, -0.25) is 0 Å². The lowest BCUT2D eigenvalue weighted by atomic mass is 10.2. The first-order valence-corrected chi connectivity index (χ1v) is 7.34. The molecule has 21 heavy (non-hydrogen) atoms. The third kappa shape index (κ3) is 4.15. The van der Waals surface area contributed by atoms with Crippen molar-refractivity contribution in [2.45, 2.75) is 20.3 Å². The predicted molar refractivity (Wildman–Crippen MR) is 84.2 cm³/mol. The summed E-state index contributed by atoms with van der Waals surface area (Å²) in [4.78, 5) is 4.32. The van der Waals surface area contributed by atoms with Crippen molar-refractivity contribution in [2.75, 3.05) is 25.1 Å². The molecule has 1 aromatic carbocycles. The van der Waals surface area contributed by atoms with E-state index in [-0.39, 0.29) is 0 Å². The van der Waals surface area contributed by atoms with Crippen molar-refractivity contribution in [1.29, 1.82) is 0 Å². The number of hydrogen-bond acceptors (Lipinski definition) is 4. The summed E-state index contributed by atoms with van der Waals surface area (Å²) >= 11 is 0. The summed E-state index contributed by atoms with van der Waals surface area (Å²) < 4.78 is 13.2. The van der Waals surface area contributed by atoms with E-state index in [1.165, 1.54) is 0 Å². The molecule has 0 radical (unpaired) electrons. The summed E-state index contributed by atoms with van der Waals surface area (Å²) in [6.07, 6.45) is 4.63. The van der Waals surface area contributed by atoms with Crippen LogP contribution in [0, 0.1) is 0 Å². The Bertz CT molecular complexity index is 566. The van der Waals surface area contributed by atoms with E-state index in [0.29, 0.717) is 13.2 Å². The Labute approximate surface area is 125 Å². The predicted octanol–water partition coefficient (Wildman–Crippen LogP) is 2.87. The zero-order chi connectivity index (χ0) is 15.1. The molecule has 1 heterocycles. The minimum atomic E-state index is 0.641. The Kier molecular flexibility index (Phi) is 5.49. The van der Waals surface area contributed by atoms with Gasteiger partial charge in [0.15, 0.2) is 0 Å². The van der Waals surface area contributed by atoms with E-state index in [0.717, 1.165) is 36.0 Å². The van der Waals surface area contributed by atoms with Gasteiger partial charge >= 0.3 is 0 Å². The standard InChI is InChI=1S/C16H23N3O2/c1-4-20-13-6-7-15(21-5-2)14(12-13)17-9-8-16-18-10-11-19(16)3/h6-7,10-12,17H,4-5,8-9H2,1-3H3. The van der Waals surface area contributed by atoms with Crippen LogP contribution < -0.4 is 14.8 Å². The minimum absolute atomic E-state index is 0.641. The molecule has 1 N–H and O–H groups in total. The molecule has 2 aromatic rings. The summed E-state index contributed by atoms with van der Waals surface area (Å²) in [5, 5.41) is 3.40. The van der Waals surface area contributed by atoms with Crippen molar-refractivity contribution in [2.24, 2.45) is 7.05 Å². The van der Waals surface area contributed by atoms with Gasteiger partial charge in [-0.05, 0) is 26.0 Å². The Morgan fingerprint density at radius 3 is 2.67 bits per heavy atom. The molecule has 0 saturated heterocycles. The average molecular weight is 289 g/mol. The smallest absolute Gasteiger partial charge is 0.142 e. The number of benzene rings is 1. The van der Waals surface area contributed by atoms with Gasteiger partial charge in [0.2, 0.25) is 0 Å². The molecule has 0 bridgehead atoms. The fraction of sp³-hybridized carbons (Fsp3) is 0.438. The number of nitrogens with one attached hydrogen (secondary N) is 1. The molecule has 5 heteroatoms. The first kappa shape index (κ1) is 15.2. The highest BCUT2D eigenvalue weighted by atomic mass is 16.5. The van der Waals surface area contributed by atoms with Crippen LogP contribution in [0.1, 0.15) is 19.7 Å². The van der Waals surface area contributed by atoms with Gasteiger partial charge in [0.25, 0.3) is 0 Å². The third-order valence-electron chi connectivity index (χ3n) is 3.15. The maximum atomic E-state index is 5.64. The van der Waals surface area contributed by atoms with E-state index in [4.69, 9.17) is 9.47 Å². The van der Waals surface area contributed by atoms with E-state index < -0.39 is 0 Å². The van der Waals surface area contributed by atoms with Crippen molar-refractivity contribution in [3.8, 4) is 11.5 Å². The SMILES string of the molecule is CCOc1ccc(OCC)c(NCCc2nccn2C)c1. The normalized spacial score (nSPS) is 10.4. The van der Waals surface area contributed by atoms with Crippen LogP contribution in [0.3, 0.4) is 0 Å². The zero-order valence-electron chi connectivity index (χ0n) is 12.9. The van der Waals surface area contributed by atoms with Crippen molar-refractivity contribution < 1.29 is 9.47 Å². The number of imidazole rings is 1. The summed E-state index contributed by atoms with van der Waals surface area (Å²) in [5.74, 6) is 2.75. The zero-order valence-corrected chi connectivity index (χ0v) is 12.9. The molecule has 1 aromatic heterocycles. The average Bonchev–Trinajstić information content (AvgIpc) is 2.88. The van der Waals surface area contributed by atoms with Crippen LogP contribution in [0.15, 0.2) is 30.6 Å². The Morgan fingerprint density at radius 2 is 2.00 bits per heavy atom. The molecular formula is C16H23N3O2. The third-order valence-corrected chi connectivity index (χ3v) is 3.15. The van der Waals surface area contributed by atoms with Crippen LogP contribution in [-0.4, -0.2) is 29.3 Å². The van der Waals surface area contributed by atoms with Gasteiger partial charge in [-0.15, -0.1) is 0 Å². The summed E-state index contributed by atoms with van der Waals surface area (Å²) in [5.41, 5.74) is 0.956. The lowest BCUT2D eigenvalue weighted by Crippen LogP contribution is -2.10. The van der Waals surface area contributed by atoms with Crippen molar-refractivity contribution in [3.05, 3.63) is 36.4 Å². The van der Waals surface area contributed by atoms with E-state index in [1.54, 1.807) is 0 Å². The Hall–Kier alpha value is -2.17. The van der Waals surface area contributed by atoms with Gasteiger partial charge in [0.1, 0.15) is 17.3 Å². The Morgan fingerprint density at radius 1 is 1.19 bits per heavy atom. The molecule has 0 atom stereocenters. The van der Waals surface area contributed by atoms with E-state index in [2.05, 4.69) is 10.3 Å². The fourth-order valence-electron chi connectivity index (χ4n) is 2.13. The van der Waals surface area contributed by atoms with Crippen molar-refractivity contribution >= 4 is 5.69 Å². The molecule has 0 fully saturated rings. The van der Waals surface area contributed by atoms with Gasteiger partial charge in [-0.25, -0.2) is 4.98 Å². The lowest BCUT2D eigenvalue weighted by Gasteiger charge is -2.14. The maximum Gasteiger partial charge on any atom is 0.142 e. The molecule has 2 rings (SSSR count). The van der Waals surface area contributed by atoms with Crippen LogP contribution in [0.5, 0.6) is 11.5 Å². The molecule has 0 aliphatic carbocycles. The quantitative estimate of drug-likeness (QED) is 0.812. The second-order valence-electron chi connectivity index (χ2n) is 4.66. The second kappa shape index (κ2) is 7.57. The summed E-state index contributed by atoms with van der Waals surface area (Å²) in [7, 11) is 2.00. The number of anilines is 1. The Balaban J connectivity index is 2.02. The van der Waals surface area contributed by atoms with E-state index in [1.807, 2.05) is 56.1 Å². The fourth-order valence-corrected chi connectivity index (χ4v) is 2.13. The molecule has 5 nitrogen and oxygen atoms in total. The van der Waals surface area contributed by atoms with Gasteiger partial charge in [-0.1, -0.05) is 0 Å². The number of aryl methyl sites for hydroxylation is 1. The molecular weight excluding hydrogens is 266 g/mol. The first-order chi connectivity index (χ1) is 10.2. The molecule has 114 valence electrons. The first-order valence-electron chi connectivity index (χ1n) is 7.34. The van der Waals surface area contributed by atoms with Crippen LogP contribution in [0.25, 0.3) is 0 Å². The molecule has 0 amide bonds. The number of rotatable bonds is 8. The molecule has 0 spiro atoms. The minimum Gasteiger partial charge on any atom is -0.494 e. The van der Waals surface area contributed by atoms with Crippen molar-refractivity contribution in [3.63, 3.8) is 0 Å².